The van der Waals surface area contributed by atoms with E-state index in [0.717, 1.165) is 15.4 Å². The quantitative estimate of drug-likeness (QED) is 0.449. The molecule has 0 spiro atoms. The summed E-state index contributed by atoms with van der Waals surface area (Å²) >= 11 is 0. The van der Waals surface area contributed by atoms with Gasteiger partial charge in [0, 0.05) is 17.5 Å². The normalized spacial score (nSPS) is 19.1. The largest absolute Gasteiger partial charge is 0.384 e. The van der Waals surface area contributed by atoms with Gasteiger partial charge in [-0.15, -0.1) is 0 Å². The van der Waals surface area contributed by atoms with Gasteiger partial charge < -0.3 is 5.11 Å². The fourth-order valence-electron chi connectivity index (χ4n) is 4.77. The van der Waals surface area contributed by atoms with Crippen LogP contribution < -0.4 is 0 Å². The van der Waals surface area contributed by atoms with Gasteiger partial charge in [0.15, 0.2) is 0 Å². The van der Waals surface area contributed by atoms with Crippen molar-refractivity contribution in [3.63, 3.8) is 0 Å². The van der Waals surface area contributed by atoms with E-state index in [1.807, 2.05) is 13.8 Å². The third-order valence-corrected chi connectivity index (χ3v) is 10.1. The molecule has 1 aliphatic heterocycles. The van der Waals surface area contributed by atoms with Gasteiger partial charge in [-0.1, -0.05) is 53.6 Å². The van der Waals surface area contributed by atoms with E-state index in [-0.39, 0.29) is 28.6 Å². The van der Waals surface area contributed by atoms with Crippen molar-refractivity contribution in [1.82, 2.24) is 8.28 Å². The molecule has 35 heavy (non-hydrogen) atoms. The Labute approximate surface area is 205 Å². The number of sulfonamides is 1. The van der Waals surface area contributed by atoms with Crippen molar-refractivity contribution in [3.8, 4) is 0 Å². The molecule has 0 amide bonds. The van der Waals surface area contributed by atoms with Gasteiger partial charge in [0.25, 0.3) is 10.0 Å². The first-order valence-corrected chi connectivity index (χ1v) is 14.1. The van der Waals surface area contributed by atoms with E-state index in [2.05, 4.69) is 0 Å². The molecule has 0 aliphatic carbocycles. The molecule has 0 saturated carbocycles. The third kappa shape index (κ3) is 3.79. The van der Waals surface area contributed by atoms with E-state index in [4.69, 9.17) is 0 Å². The van der Waals surface area contributed by atoms with Crippen molar-refractivity contribution in [2.75, 3.05) is 6.54 Å². The molecule has 1 aromatic heterocycles. The summed E-state index contributed by atoms with van der Waals surface area (Å²) in [6.45, 7) is 4.87. The maximum atomic E-state index is 13.9. The first-order valence-electron chi connectivity index (χ1n) is 11.2. The first-order chi connectivity index (χ1) is 16.4. The van der Waals surface area contributed by atoms with Gasteiger partial charge in [0.05, 0.1) is 27.5 Å². The van der Waals surface area contributed by atoms with Gasteiger partial charge in [-0.25, -0.2) is 20.8 Å². The van der Waals surface area contributed by atoms with E-state index in [1.165, 1.54) is 35.2 Å². The van der Waals surface area contributed by atoms with Gasteiger partial charge in [0.1, 0.15) is 5.60 Å². The average molecular weight is 511 g/mol. The predicted molar refractivity (Wildman–Crippen MR) is 134 cm³/mol. The van der Waals surface area contributed by atoms with Crippen molar-refractivity contribution in [2.45, 2.75) is 42.7 Å². The number of rotatable bonds is 4. The van der Waals surface area contributed by atoms with Crippen LogP contribution in [0.5, 0.6) is 0 Å². The molecule has 0 saturated heterocycles. The molecule has 5 rings (SSSR count). The number of para-hydroxylation sites is 1. The van der Waals surface area contributed by atoms with Gasteiger partial charge in [0.2, 0.25) is 10.0 Å². The molecule has 0 fully saturated rings. The lowest BCUT2D eigenvalue weighted by atomic mass is 9.90. The minimum absolute atomic E-state index is 0.0878. The van der Waals surface area contributed by atoms with Crippen LogP contribution in [0.25, 0.3) is 10.9 Å². The lowest BCUT2D eigenvalue weighted by molar-refractivity contribution is 0.0254. The Morgan fingerprint density at radius 3 is 1.86 bits per heavy atom. The second-order valence-corrected chi connectivity index (χ2v) is 13.0. The number of fused-ring (bicyclic) bond motifs is 3. The van der Waals surface area contributed by atoms with E-state index in [1.54, 1.807) is 48.5 Å². The third-order valence-electron chi connectivity index (χ3n) is 6.49. The number of aliphatic hydroxyl groups is 1. The molecule has 1 atom stereocenters. The summed E-state index contributed by atoms with van der Waals surface area (Å²) in [5.74, 6) is 0. The molecule has 4 aromatic rings. The van der Waals surface area contributed by atoms with Crippen molar-refractivity contribution in [3.05, 3.63) is 95.2 Å². The van der Waals surface area contributed by atoms with Crippen LogP contribution in [-0.4, -0.2) is 36.8 Å². The highest BCUT2D eigenvalue weighted by atomic mass is 32.2. The monoisotopic (exact) mass is 510 g/mol. The van der Waals surface area contributed by atoms with E-state index < -0.39 is 25.6 Å². The van der Waals surface area contributed by atoms with Crippen molar-refractivity contribution in [1.29, 1.82) is 0 Å². The molecule has 1 N–H and O–H groups in total. The minimum Gasteiger partial charge on any atom is -0.384 e. The smallest absolute Gasteiger partial charge is 0.268 e. The summed E-state index contributed by atoms with van der Waals surface area (Å²) in [4.78, 5) is 0.177. The number of β-amino-alcohol motifs (C(OH)–C–C–N with tert-alkyl or cyclic N) is 1. The highest BCUT2D eigenvalue weighted by Gasteiger charge is 2.44. The highest BCUT2D eigenvalue weighted by Crippen LogP contribution is 2.42. The summed E-state index contributed by atoms with van der Waals surface area (Å²) < 4.78 is 57.2. The van der Waals surface area contributed by atoms with Crippen LogP contribution in [0, 0.1) is 13.8 Å². The van der Waals surface area contributed by atoms with Crippen molar-refractivity contribution >= 4 is 30.9 Å². The molecule has 7 nitrogen and oxygen atoms in total. The van der Waals surface area contributed by atoms with E-state index in [9.17, 15) is 21.9 Å². The number of nitrogens with zero attached hydrogens (tertiary/aromatic N) is 2. The van der Waals surface area contributed by atoms with Crippen LogP contribution in [0.15, 0.2) is 82.6 Å². The van der Waals surface area contributed by atoms with Crippen LogP contribution >= 0.6 is 0 Å². The Morgan fingerprint density at radius 2 is 1.29 bits per heavy atom. The Hall–Kier alpha value is -2.98. The Bertz CT molecular complexity index is 1650. The van der Waals surface area contributed by atoms with Crippen molar-refractivity contribution in [2.24, 2.45) is 0 Å². The summed E-state index contributed by atoms with van der Waals surface area (Å²) in [5, 5.41) is 12.1. The predicted octanol–water partition coefficient (Wildman–Crippen LogP) is 3.91. The Morgan fingerprint density at radius 1 is 0.771 bits per heavy atom. The van der Waals surface area contributed by atoms with Crippen LogP contribution in [0.3, 0.4) is 0 Å². The molecule has 0 radical (unpaired) electrons. The fourth-order valence-corrected chi connectivity index (χ4v) is 7.81. The lowest BCUT2D eigenvalue weighted by Gasteiger charge is -2.37. The SMILES string of the molecule is Cc1ccc(S(=O)(=O)N2Cc3c(c4ccccc4n3S(=O)(=O)c3ccc(C)cc3)[C@@](C)(O)C2)cc1. The molecule has 2 heterocycles. The molecular weight excluding hydrogens is 484 g/mol. The Balaban J connectivity index is 1.75. The van der Waals surface area contributed by atoms with Gasteiger partial charge in [-0.3, -0.25) is 0 Å². The molecule has 9 heteroatoms. The summed E-state index contributed by atoms with van der Waals surface area (Å²) in [6.07, 6.45) is 0. The van der Waals surface area contributed by atoms with Gasteiger partial charge in [-0.05, 0) is 51.1 Å². The molecule has 182 valence electrons. The Kier molecular flexibility index (Phi) is 5.45. The molecule has 0 bridgehead atoms. The minimum atomic E-state index is -4.09. The summed E-state index contributed by atoms with van der Waals surface area (Å²) in [7, 11) is -8.08. The van der Waals surface area contributed by atoms with Crippen LogP contribution in [0.1, 0.15) is 29.3 Å². The molecule has 1 aliphatic rings. The number of benzene rings is 3. The van der Waals surface area contributed by atoms with E-state index >= 15 is 0 Å². The van der Waals surface area contributed by atoms with Gasteiger partial charge >= 0.3 is 0 Å². The van der Waals surface area contributed by atoms with E-state index in [0.29, 0.717) is 16.5 Å². The lowest BCUT2D eigenvalue weighted by Crippen LogP contribution is -2.47. The molecule has 0 unspecified atom stereocenters. The maximum absolute atomic E-state index is 13.9. The number of aromatic nitrogens is 1. The fraction of sp³-hybridized carbons (Fsp3) is 0.231. The standard InChI is InChI=1S/C26H26N2O5S2/c1-18-8-12-20(13-9-18)34(30,31)27-16-24-25(26(3,29)17-27)22-6-4-5-7-23(22)28(24)35(32,33)21-14-10-19(2)11-15-21/h4-15,29H,16-17H2,1-3H3/t26-/m0/s1. The van der Waals surface area contributed by atoms with Crippen molar-refractivity contribution < 1.29 is 21.9 Å². The number of hydrogen-bond donors (Lipinski definition) is 1. The number of hydrogen-bond acceptors (Lipinski definition) is 5. The second-order valence-electron chi connectivity index (χ2n) is 9.28. The average Bonchev–Trinajstić information content (AvgIpc) is 3.15. The maximum Gasteiger partial charge on any atom is 0.268 e. The zero-order valence-corrected chi connectivity index (χ0v) is 21.3. The first kappa shape index (κ1) is 23.7. The molecule has 3 aromatic carbocycles. The highest BCUT2D eigenvalue weighted by molar-refractivity contribution is 7.90. The zero-order valence-electron chi connectivity index (χ0n) is 19.6. The topological polar surface area (TPSA) is 96.7 Å². The molecular formula is C26H26N2O5S2. The van der Waals surface area contributed by atoms with Crippen LogP contribution in [-0.2, 0) is 32.2 Å². The summed E-state index contributed by atoms with van der Waals surface area (Å²) in [6, 6.07) is 19.9. The second kappa shape index (κ2) is 8.03. The number of aryl methyl sites for hydroxylation is 2. The van der Waals surface area contributed by atoms with Gasteiger partial charge in [-0.2, -0.15) is 4.31 Å². The summed E-state index contributed by atoms with van der Waals surface area (Å²) in [5.41, 5.74) is 1.28. The zero-order chi connectivity index (χ0) is 25.2. The van der Waals surface area contributed by atoms with Crippen LogP contribution in [0.2, 0.25) is 0 Å². The van der Waals surface area contributed by atoms with Crippen LogP contribution in [0.4, 0.5) is 0 Å².